The number of carbonyl (C=O) groups is 2. The maximum atomic E-state index is 12.4. The maximum absolute atomic E-state index is 12.4. The van der Waals surface area contributed by atoms with Gasteiger partial charge in [-0.2, -0.15) is 0 Å². The number of rotatable bonds is 9. The van der Waals surface area contributed by atoms with Gasteiger partial charge < -0.3 is 34.3 Å². The summed E-state index contributed by atoms with van der Waals surface area (Å²) in [5.74, 6) is -0.174. The van der Waals surface area contributed by atoms with Crippen molar-refractivity contribution in [2.24, 2.45) is 0 Å². The van der Waals surface area contributed by atoms with Gasteiger partial charge in [0.2, 0.25) is 5.91 Å². The van der Waals surface area contributed by atoms with Crippen LogP contribution in [0.15, 0.2) is 72.9 Å². The minimum absolute atomic E-state index is 0.0893. The highest BCUT2D eigenvalue weighted by atomic mass is 32.1. The molecule has 2 N–H and O–H groups in total. The number of pyridine rings is 1. The zero-order valence-corrected chi connectivity index (χ0v) is 25.4. The van der Waals surface area contributed by atoms with Crippen molar-refractivity contribution in [1.82, 2.24) is 14.9 Å². The van der Waals surface area contributed by atoms with Gasteiger partial charge >= 0.3 is 5.97 Å². The van der Waals surface area contributed by atoms with Crippen LogP contribution in [0.1, 0.15) is 45.1 Å². The Labute approximate surface area is 255 Å². The first-order valence-electron chi connectivity index (χ1n) is 13.6. The first kappa shape index (κ1) is 29.7. The Morgan fingerprint density at radius 1 is 1.00 bits per heavy atom. The maximum Gasteiger partial charge on any atom is 0.337 e. The number of carbonyl (C=O) groups excluding carboxylic acids is 2. The highest BCUT2D eigenvalue weighted by molar-refractivity contribution is 7.80. The van der Waals surface area contributed by atoms with Crippen molar-refractivity contribution in [3.05, 3.63) is 101 Å². The first-order chi connectivity index (χ1) is 20.8. The van der Waals surface area contributed by atoms with Gasteiger partial charge in [-0.25, -0.2) is 4.79 Å². The van der Waals surface area contributed by atoms with Gasteiger partial charge in [0.25, 0.3) is 0 Å². The molecule has 0 radical (unpaired) electrons. The second-order valence-electron chi connectivity index (χ2n) is 10.1. The molecular weight excluding hydrogens is 566 g/mol. The normalized spacial score (nSPS) is 16.1. The van der Waals surface area contributed by atoms with E-state index in [-0.39, 0.29) is 30.6 Å². The van der Waals surface area contributed by atoms with Crippen molar-refractivity contribution < 1.29 is 23.8 Å². The third-order valence-electron chi connectivity index (χ3n) is 7.44. The Morgan fingerprint density at radius 2 is 1.74 bits per heavy atom. The molecule has 0 saturated carbocycles. The minimum Gasteiger partial charge on any atom is -0.495 e. The van der Waals surface area contributed by atoms with Gasteiger partial charge in [-0.1, -0.05) is 6.07 Å². The molecule has 1 amide bonds. The molecule has 0 spiro atoms. The number of ether oxygens (including phenoxy) is 3. The number of aromatic nitrogens is 2. The van der Waals surface area contributed by atoms with Crippen molar-refractivity contribution in [2.75, 3.05) is 38.2 Å². The average Bonchev–Trinajstić information content (AvgIpc) is 3.51. The predicted octanol–water partition coefficient (Wildman–Crippen LogP) is 5.05. The Bertz CT molecular complexity index is 1650. The van der Waals surface area contributed by atoms with Gasteiger partial charge in [0, 0.05) is 36.1 Å². The fraction of sp³-hybridized carbons (Fsp3) is 0.250. The summed E-state index contributed by atoms with van der Waals surface area (Å²) in [6, 6.07) is 20.3. The average molecular weight is 600 g/mol. The molecule has 5 rings (SSSR count). The molecule has 2 aromatic heterocycles. The molecular formula is C32H33N5O5S. The summed E-state index contributed by atoms with van der Waals surface area (Å²) in [5.41, 5.74) is 6.56. The van der Waals surface area contributed by atoms with E-state index in [1.807, 2.05) is 54.3 Å². The summed E-state index contributed by atoms with van der Waals surface area (Å²) in [4.78, 5) is 31.1. The number of nitrogens with zero attached hydrogens (tertiary/aromatic N) is 3. The Hall–Kier alpha value is -4.74. The molecule has 11 heteroatoms. The van der Waals surface area contributed by atoms with E-state index in [0.717, 1.165) is 34.0 Å². The number of methoxy groups -OCH3 is 3. The number of nitrogens with one attached hydrogen (secondary N) is 2. The lowest BCUT2D eigenvalue weighted by Gasteiger charge is -2.29. The fourth-order valence-electron chi connectivity index (χ4n) is 5.56. The number of aryl methyl sites for hydroxylation is 1. The van der Waals surface area contributed by atoms with Crippen LogP contribution in [-0.4, -0.2) is 54.5 Å². The number of hydrogen-bond donors (Lipinski definition) is 2. The van der Waals surface area contributed by atoms with Gasteiger partial charge in [-0.15, -0.1) is 0 Å². The van der Waals surface area contributed by atoms with E-state index in [1.165, 1.54) is 14.2 Å². The lowest BCUT2D eigenvalue weighted by atomic mass is 9.96. The Balaban J connectivity index is 1.62. The van der Waals surface area contributed by atoms with Gasteiger partial charge in [0.05, 0.1) is 43.2 Å². The summed E-state index contributed by atoms with van der Waals surface area (Å²) in [7, 11) is 4.38. The second kappa shape index (κ2) is 12.6. The third-order valence-corrected chi connectivity index (χ3v) is 7.76. The van der Waals surface area contributed by atoms with Gasteiger partial charge in [-0.05, 0) is 92.3 Å². The largest absolute Gasteiger partial charge is 0.495 e. The molecule has 0 aliphatic carbocycles. The van der Waals surface area contributed by atoms with E-state index in [2.05, 4.69) is 33.2 Å². The molecule has 2 atom stereocenters. The van der Waals surface area contributed by atoms with Crippen molar-refractivity contribution in [1.29, 1.82) is 0 Å². The molecule has 1 aliphatic heterocycles. The van der Waals surface area contributed by atoms with Crippen molar-refractivity contribution >= 4 is 40.6 Å². The smallest absolute Gasteiger partial charge is 0.337 e. The van der Waals surface area contributed by atoms with E-state index in [0.29, 0.717) is 22.1 Å². The summed E-state index contributed by atoms with van der Waals surface area (Å²) in [6.45, 7) is 4.02. The van der Waals surface area contributed by atoms with Crippen LogP contribution in [0.4, 0.5) is 11.4 Å². The standard InChI is InChI=1S/C32H33N5O5S/c1-19-16-24(20(2)36(19)22-11-9-21(10-12-22)31(39)42-5)30-29(25-8-6-7-15-33-25)35-32(43)37(30)23-13-14-27(41-4)26(17-23)34-28(38)18-40-3/h6-17,29-30H,18H2,1-5H3,(H,34,38)(H,35,43)/t29-,30+/m0/s1. The molecule has 1 aliphatic rings. The Morgan fingerprint density at radius 3 is 2.40 bits per heavy atom. The highest BCUT2D eigenvalue weighted by Gasteiger charge is 2.42. The number of esters is 1. The summed E-state index contributed by atoms with van der Waals surface area (Å²) in [5, 5.41) is 6.89. The molecule has 3 heterocycles. The van der Waals surface area contributed by atoms with Crippen LogP contribution in [0.2, 0.25) is 0 Å². The first-order valence-corrected chi connectivity index (χ1v) is 14.0. The number of benzene rings is 2. The zero-order chi connectivity index (χ0) is 30.7. The van der Waals surface area contributed by atoms with Crippen LogP contribution in [0.3, 0.4) is 0 Å². The molecule has 2 aromatic carbocycles. The van der Waals surface area contributed by atoms with Gasteiger partial charge in [0.1, 0.15) is 12.4 Å². The molecule has 0 bridgehead atoms. The SMILES string of the molecule is COCC(=O)Nc1cc(N2C(=S)N[C@@H](c3ccccn3)[C@H]2c2cc(C)n(-c3ccc(C(=O)OC)cc3)c2C)ccc1OC. The van der Waals surface area contributed by atoms with Crippen LogP contribution in [-0.2, 0) is 14.3 Å². The molecule has 0 unspecified atom stereocenters. The van der Waals surface area contributed by atoms with Crippen LogP contribution < -0.4 is 20.3 Å². The molecule has 1 fully saturated rings. The van der Waals surface area contributed by atoms with E-state index in [4.69, 9.17) is 26.4 Å². The summed E-state index contributed by atoms with van der Waals surface area (Å²) < 4.78 is 17.5. The summed E-state index contributed by atoms with van der Waals surface area (Å²) in [6.07, 6.45) is 1.77. The zero-order valence-electron chi connectivity index (χ0n) is 24.6. The Kier molecular flexibility index (Phi) is 8.74. The minimum atomic E-state index is -0.384. The van der Waals surface area contributed by atoms with E-state index < -0.39 is 0 Å². The highest BCUT2D eigenvalue weighted by Crippen LogP contribution is 2.45. The van der Waals surface area contributed by atoms with E-state index >= 15 is 0 Å². The fourth-order valence-corrected chi connectivity index (χ4v) is 5.90. The monoisotopic (exact) mass is 599 g/mol. The lowest BCUT2D eigenvalue weighted by Crippen LogP contribution is -2.29. The van der Waals surface area contributed by atoms with Gasteiger partial charge in [0.15, 0.2) is 5.11 Å². The topological polar surface area (TPSA) is 107 Å². The predicted molar refractivity (Wildman–Crippen MR) is 168 cm³/mol. The number of thiocarbonyl (C=S) groups is 1. The van der Waals surface area contributed by atoms with Crippen LogP contribution in [0.5, 0.6) is 5.75 Å². The third kappa shape index (κ3) is 5.81. The van der Waals surface area contributed by atoms with Crippen molar-refractivity contribution in [3.63, 3.8) is 0 Å². The van der Waals surface area contributed by atoms with Crippen molar-refractivity contribution in [2.45, 2.75) is 25.9 Å². The van der Waals surface area contributed by atoms with E-state index in [1.54, 1.807) is 31.5 Å². The molecule has 10 nitrogen and oxygen atoms in total. The molecule has 4 aromatic rings. The van der Waals surface area contributed by atoms with E-state index in [9.17, 15) is 9.59 Å². The number of anilines is 2. The lowest BCUT2D eigenvalue weighted by molar-refractivity contribution is -0.119. The number of amides is 1. The van der Waals surface area contributed by atoms with Crippen LogP contribution in [0, 0.1) is 13.8 Å². The quantitative estimate of drug-likeness (QED) is 0.202. The second-order valence-corrected chi connectivity index (χ2v) is 10.4. The summed E-state index contributed by atoms with van der Waals surface area (Å²) >= 11 is 5.93. The molecule has 43 heavy (non-hydrogen) atoms. The van der Waals surface area contributed by atoms with Crippen LogP contribution in [0.25, 0.3) is 5.69 Å². The van der Waals surface area contributed by atoms with Crippen LogP contribution >= 0.6 is 12.2 Å². The molecule has 1 saturated heterocycles. The number of hydrogen-bond acceptors (Lipinski definition) is 7. The van der Waals surface area contributed by atoms with Gasteiger partial charge in [-0.3, -0.25) is 9.78 Å². The van der Waals surface area contributed by atoms with Crippen molar-refractivity contribution in [3.8, 4) is 11.4 Å². The molecule has 222 valence electrons.